The Hall–Kier alpha value is -1.32. The second kappa shape index (κ2) is 6.91. The molecule has 3 heteroatoms. The van der Waals surface area contributed by atoms with Gasteiger partial charge in [0.1, 0.15) is 0 Å². The van der Waals surface area contributed by atoms with E-state index in [0.717, 1.165) is 17.4 Å². The van der Waals surface area contributed by atoms with Crippen LogP contribution in [0.15, 0.2) is 53.0 Å². The Balaban J connectivity index is 2.03. The molecule has 0 radical (unpaired) electrons. The molecule has 0 amide bonds. The quantitative estimate of drug-likeness (QED) is 0.897. The fourth-order valence-corrected chi connectivity index (χ4v) is 2.71. The second-order valence-corrected chi connectivity index (χ2v) is 6.25. The van der Waals surface area contributed by atoms with Crippen molar-refractivity contribution in [2.24, 2.45) is 5.73 Å². The zero-order chi connectivity index (χ0) is 14.5. The number of benzene rings is 2. The zero-order valence-electron chi connectivity index (χ0n) is 12.0. The Morgan fingerprint density at radius 2 is 1.80 bits per heavy atom. The summed E-state index contributed by atoms with van der Waals surface area (Å²) < 4.78 is 1.12. The Bertz CT molecular complexity index is 549. The molecule has 0 aromatic heterocycles. The molecule has 0 aliphatic heterocycles. The minimum absolute atomic E-state index is 0.209. The Labute approximate surface area is 129 Å². The SMILES string of the molecule is CC(N)Cc1ccc(N(C)Cc2cccc(Br)c2)cc1. The molecule has 0 fully saturated rings. The van der Waals surface area contributed by atoms with Gasteiger partial charge in [0.2, 0.25) is 0 Å². The summed E-state index contributed by atoms with van der Waals surface area (Å²) in [7, 11) is 2.11. The monoisotopic (exact) mass is 332 g/mol. The van der Waals surface area contributed by atoms with Crippen LogP contribution in [-0.4, -0.2) is 13.1 Å². The molecule has 0 bridgehead atoms. The van der Waals surface area contributed by atoms with Crippen LogP contribution in [0.5, 0.6) is 0 Å². The van der Waals surface area contributed by atoms with Crippen LogP contribution in [0.3, 0.4) is 0 Å². The van der Waals surface area contributed by atoms with Gasteiger partial charge in [0.15, 0.2) is 0 Å². The summed E-state index contributed by atoms with van der Waals surface area (Å²) in [5.41, 5.74) is 9.63. The molecule has 1 unspecified atom stereocenters. The Kier molecular flexibility index (Phi) is 5.21. The van der Waals surface area contributed by atoms with Gasteiger partial charge in [0.05, 0.1) is 0 Å². The van der Waals surface area contributed by atoms with Crippen molar-refractivity contribution in [1.82, 2.24) is 0 Å². The van der Waals surface area contributed by atoms with Crippen LogP contribution in [-0.2, 0) is 13.0 Å². The summed E-state index contributed by atoms with van der Waals surface area (Å²) in [5, 5.41) is 0. The van der Waals surface area contributed by atoms with Gasteiger partial charge in [-0.1, -0.05) is 40.2 Å². The third-order valence-electron chi connectivity index (χ3n) is 3.24. The summed E-state index contributed by atoms with van der Waals surface area (Å²) in [6.45, 7) is 2.93. The summed E-state index contributed by atoms with van der Waals surface area (Å²) in [4.78, 5) is 2.25. The molecule has 20 heavy (non-hydrogen) atoms. The van der Waals surface area contributed by atoms with Crippen molar-refractivity contribution in [3.8, 4) is 0 Å². The molecule has 0 aliphatic rings. The van der Waals surface area contributed by atoms with Crippen molar-refractivity contribution in [3.05, 3.63) is 64.1 Å². The predicted octanol–water partition coefficient (Wildman–Crippen LogP) is 3.98. The zero-order valence-corrected chi connectivity index (χ0v) is 13.6. The van der Waals surface area contributed by atoms with E-state index in [1.54, 1.807) is 0 Å². The number of nitrogens with two attached hydrogens (primary N) is 1. The highest BCUT2D eigenvalue weighted by Crippen LogP contribution is 2.19. The molecule has 1 atom stereocenters. The van der Waals surface area contributed by atoms with E-state index in [-0.39, 0.29) is 6.04 Å². The molecule has 2 aromatic rings. The highest BCUT2D eigenvalue weighted by molar-refractivity contribution is 9.10. The van der Waals surface area contributed by atoms with Gasteiger partial charge in [-0.25, -0.2) is 0 Å². The van der Waals surface area contributed by atoms with E-state index in [2.05, 4.69) is 70.3 Å². The summed E-state index contributed by atoms with van der Waals surface area (Å²) in [6, 6.07) is 17.3. The van der Waals surface area contributed by atoms with E-state index in [9.17, 15) is 0 Å². The fourth-order valence-electron chi connectivity index (χ4n) is 2.26. The van der Waals surface area contributed by atoms with E-state index in [1.807, 2.05) is 13.0 Å². The molecule has 2 aromatic carbocycles. The first kappa shape index (κ1) is 15.1. The Morgan fingerprint density at radius 3 is 2.40 bits per heavy atom. The van der Waals surface area contributed by atoms with Crippen LogP contribution >= 0.6 is 15.9 Å². The van der Waals surface area contributed by atoms with Crippen LogP contribution in [0, 0.1) is 0 Å². The van der Waals surface area contributed by atoms with Crippen molar-refractivity contribution in [2.45, 2.75) is 25.9 Å². The van der Waals surface area contributed by atoms with Gasteiger partial charge in [-0.3, -0.25) is 0 Å². The van der Waals surface area contributed by atoms with Crippen LogP contribution in [0.4, 0.5) is 5.69 Å². The largest absolute Gasteiger partial charge is 0.370 e. The van der Waals surface area contributed by atoms with Crippen molar-refractivity contribution in [2.75, 3.05) is 11.9 Å². The lowest BCUT2D eigenvalue weighted by molar-refractivity contribution is 0.738. The van der Waals surface area contributed by atoms with E-state index in [4.69, 9.17) is 5.73 Å². The van der Waals surface area contributed by atoms with Crippen LogP contribution in [0.2, 0.25) is 0 Å². The molecule has 2 nitrogen and oxygen atoms in total. The maximum Gasteiger partial charge on any atom is 0.0426 e. The molecule has 0 saturated carbocycles. The van der Waals surface area contributed by atoms with Gasteiger partial charge in [-0.15, -0.1) is 0 Å². The maximum atomic E-state index is 5.82. The smallest absolute Gasteiger partial charge is 0.0426 e. The maximum absolute atomic E-state index is 5.82. The van der Waals surface area contributed by atoms with E-state index in [1.165, 1.54) is 16.8 Å². The first-order chi connectivity index (χ1) is 9.54. The van der Waals surface area contributed by atoms with Gasteiger partial charge in [0, 0.05) is 29.8 Å². The lowest BCUT2D eigenvalue weighted by Gasteiger charge is -2.20. The lowest BCUT2D eigenvalue weighted by Crippen LogP contribution is -2.18. The average Bonchev–Trinajstić information content (AvgIpc) is 2.38. The molecule has 0 saturated heterocycles. The first-order valence-corrected chi connectivity index (χ1v) is 7.64. The number of nitrogens with zero attached hydrogens (tertiary/aromatic N) is 1. The number of rotatable bonds is 5. The van der Waals surface area contributed by atoms with Gasteiger partial charge < -0.3 is 10.6 Å². The summed E-state index contributed by atoms with van der Waals surface area (Å²) in [6.07, 6.45) is 0.926. The van der Waals surface area contributed by atoms with Gasteiger partial charge in [-0.05, 0) is 48.7 Å². The predicted molar refractivity (Wildman–Crippen MR) is 90.0 cm³/mol. The number of halogens is 1. The normalized spacial score (nSPS) is 12.2. The third kappa shape index (κ3) is 4.36. The number of hydrogen-bond donors (Lipinski definition) is 1. The molecule has 2 N–H and O–H groups in total. The van der Waals surface area contributed by atoms with Crippen molar-refractivity contribution in [3.63, 3.8) is 0 Å². The van der Waals surface area contributed by atoms with Gasteiger partial charge >= 0.3 is 0 Å². The number of hydrogen-bond acceptors (Lipinski definition) is 2. The standard InChI is InChI=1S/C17H21BrN2/c1-13(19)10-14-6-8-17(9-7-14)20(2)12-15-4-3-5-16(18)11-15/h3-9,11,13H,10,12,19H2,1-2H3. The minimum Gasteiger partial charge on any atom is -0.370 e. The molecular formula is C17H21BrN2. The molecule has 2 rings (SSSR count). The van der Waals surface area contributed by atoms with Crippen LogP contribution in [0.1, 0.15) is 18.1 Å². The van der Waals surface area contributed by atoms with Crippen LogP contribution in [0.25, 0.3) is 0 Å². The van der Waals surface area contributed by atoms with Crippen molar-refractivity contribution >= 4 is 21.6 Å². The molecule has 0 aliphatic carbocycles. The fraction of sp³-hybridized carbons (Fsp3) is 0.294. The second-order valence-electron chi connectivity index (χ2n) is 5.33. The van der Waals surface area contributed by atoms with Crippen molar-refractivity contribution < 1.29 is 0 Å². The van der Waals surface area contributed by atoms with Crippen LogP contribution < -0.4 is 10.6 Å². The Morgan fingerprint density at radius 1 is 1.10 bits per heavy atom. The average molecular weight is 333 g/mol. The highest BCUT2D eigenvalue weighted by atomic mass is 79.9. The summed E-state index contributed by atoms with van der Waals surface area (Å²) in [5.74, 6) is 0. The molecule has 106 valence electrons. The van der Waals surface area contributed by atoms with Crippen molar-refractivity contribution in [1.29, 1.82) is 0 Å². The van der Waals surface area contributed by atoms with E-state index < -0.39 is 0 Å². The van der Waals surface area contributed by atoms with Gasteiger partial charge in [0.25, 0.3) is 0 Å². The molecular weight excluding hydrogens is 312 g/mol. The third-order valence-corrected chi connectivity index (χ3v) is 3.74. The molecule has 0 heterocycles. The van der Waals surface area contributed by atoms with E-state index in [0.29, 0.717) is 0 Å². The minimum atomic E-state index is 0.209. The topological polar surface area (TPSA) is 29.3 Å². The summed E-state index contributed by atoms with van der Waals surface area (Å²) >= 11 is 3.51. The lowest BCUT2D eigenvalue weighted by atomic mass is 10.1. The first-order valence-electron chi connectivity index (χ1n) is 6.84. The number of anilines is 1. The van der Waals surface area contributed by atoms with E-state index >= 15 is 0 Å². The van der Waals surface area contributed by atoms with Gasteiger partial charge in [-0.2, -0.15) is 0 Å². The highest BCUT2D eigenvalue weighted by Gasteiger charge is 2.04. The molecule has 0 spiro atoms.